The minimum absolute atomic E-state index is 0.0345. The van der Waals surface area contributed by atoms with Gasteiger partial charge in [-0.2, -0.15) is 0 Å². The van der Waals surface area contributed by atoms with Crippen LogP contribution in [0, 0.1) is 0 Å². The predicted octanol–water partition coefficient (Wildman–Crippen LogP) is 17.1. The van der Waals surface area contributed by atoms with Crippen LogP contribution in [-0.4, -0.2) is 74.3 Å². The van der Waals surface area contributed by atoms with Crippen LogP contribution in [0.5, 0.6) is 0 Å². The van der Waals surface area contributed by atoms with Crippen molar-refractivity contribution in [1.82, 2.24) is 5.32 Å². The van der Waals surface area contributed by atoms with Crippen LogP contribution in [0.4, 0.5) is 0 Å². The molecule has 0 spiro atoms. The summed E-state index contributed by atoms with van der Waals surface area (Å²) in [6.07, 6.45) is 60.7. The number of quaternary nitrogens is 1. The number of nitrogens with one attached hydrogen (secondary N) is 1. The smallest absolute Gasteiger partial charge is 0.456 e. The minimum atomic E-state index is -4.45. The maximum atomic E-state index is 13.5. The molecule has 0 saturated carbocycles. The van der Waals surface area contributed by atoms with E-state index in [2.05, 4.69) is 74.7 Å². The van der Waals surface area contributed by atoms with Gasteiger partial charge >= 0.3 is 13.8 Å². The van der Waals surface area contributed by atoms with Crippen LogP contribution < -0.4 is 5.32 Å². The lowest BCUT2D eigenvalue weighted by atomic mass is 10.0. The fourth-order valence-electron chi connectivity index (χ4n) is 7.98. The van der Waals surface area contributed by atoms with E-state index in [9.17, 15) is 19.0 Å². The molecule has 0 radical (unpaired) electrons. The first-order valence-electron chi connectivity index (χ1n) is 28.6. The fourth-order valence-corrected chi connectivity index (χ4v) is 8.72. The number of ether oxygens (including phenoxy) is 1. The van der Waals surface area contributed by atoms with Crippen molar-refractivity contribution in [2.24, 2.45) is 0 Å². The van der Waals surface area contributed by atoms with Gasteiger partial charge in [0.25, 0.3) is 0 Å². The van der Waals surface area contributed by atoms with Crippen LogP contribution in [0.25, 0.3) is 0 Å². The largest absolute Gasteiger partial charge is 0.472 e. The number of amides is 1. The Morgan fingerprint density at radius 2 is 0.884 bits per heavy atom. The van der Waals surface area contributed by atoms with Gasteiger partial charge in [-0.25, -0.2) is 4.57 Å². The lowest BCUT2D eigenvalue weighted by Crippen LogP contribution is -2.47. The number of likely N-dealkylation sites (N-methyl/N-ethyl adjacent to an activating group) is 1. The predicted molar refractivity (Wildman–Crippen MR) is 295 cm³/mol. The molecular weight excluding hydrogens is 880 g/mol. The molecule has 0 aromatic heterocycles. The number of allylic oxidation sites excluding steroid dienone is 9. The summed E-state index contributed by atoms with van der Waals surface area (Å²) < 4.78 is 30.6. The molecule has 0 aliphatic heterocycles. The Kier molecular flexibility index (Phi) is 47.7. The zero-order chi connectivity index (χ0) is 50.8. The van der Waals surface area contributed by atoms with Crippen LogP contribution in [0.1, 0.15) is 252 Å². The molecule has 2 N–H and O–H groups in total. The molecule has 0 aromatic carbocycles. The molecule has 0 saturated heterocycles. The fraction of sp³-hybridized carbons (Fsp3) is 0.797. The van der Waals surface area contributed by atoms with E-state index in [1.807, 2.05) is 33.3 Å². The molecule has 0 aromatic rings. The van der Waals surface area contributed by atoms with Crippen molar-refractivity contribution in [2.45, 2.75) is 264 Å². The molecule has 10 heteroatoms. The summed E-state index contributed by atoms with van der Waals surface area (Å²) >= 11 is 0. The van der Waals surface area contributed by atoms with Crippen molar-refractivity contribution in [3.05, 3.63) is 60.8 Å². The first-order valence-corrected chi connectivity index (χ1v) is 30.1. The third kappa shape index (κ3) is 50.4. The molecule has 0 heterocycles. The SMILES string of the molecule is CCCCC/C=C\C/C=C\C/C=C\C/C=C\CCCCCC(=O)OC(/C=C/CCCCCCCCCCC)C(COP(=O)(O)OCC[N+](C)(C)C)NC(=O)CCCCCCCCCCCCCCC. The Labute approximate surface area is 426 Å². The van der Waals surface area contributed by atoms with E-state index in [0.717, 1.165) is 77.0 Å². The lowest BCUT2D eigenvalue weighted by Gasteiger charge is -2.27. The van der Waals surface area contributed by atoms with Gasteiger partial charge in [-0.15, -0.1) is 0 Å². The van der Waals surface area contributed by atoms with Gasteiger partial charge in [0, 0.05) is 12.8 Å². The molecule has 69 heavy (non-hydrogen) atoms. The van der Waals surface area contributed by atoms with Gasteiger partial charge in [-0.1, -0.05) is 223 Å². The first-order chi connectivity index (χ1) is 33.4. The average molecular weight is 991 g/mol. The van der Waals surface area contributed by atoms with Crippen molar-refractivity contribution < 1.29 is 37.3 Å². The van der Waals surface area contributed by atoms with Crippen LogP contribution in [0.3, 0.4) is 0 Å². The third-order valence-electron chi connectivity index (χ3n) is 12.5. The highest BCUT2D eigenvalue weighted by molar-refractivity contribution is 7.47. The van der Waals surface area contributed by atoms with E-state index in [1.165, 1.54) is 135 Å². The Balaban J connectivity index is 5.36. The normalized spacial score (nSPS) is 14.2. The zero-order valence-electron chi connectivity index (χ0n) is 45.8. The number of esters is 1. The molecule has 0 aliphatic carbocycles. The summed E-state index contributed by atoms with van der Waals surface area (Å²) in [5.74, 6) is -0.539. The van der Waals surface area contributed by atoms with Crippen molar-refractivity contribution in [3.63, 3.8) is 0 Å². The maximum Gasteiger partial charge on any atom is 0.472 e. The Bertz CT molecular complexity index is 1370. The maximum absolute atomic E-state index is 13.5. The highest BCUT2D eigenvalue weighted by atomic mass is 31.2. The van der Waals surface area contributed by atoms with Gasteiger partial charge in [-0.05, 0) is 76.7 Å². The van der Waals surface area contributed by atoms with Crippen LogP contribution in [0.2, 0.25) is 0 Å². The first kappa shape index (κ1) is 66.7. The molecular formula is C59H110N2O7P+. The quantitative estimate of drug-likeness (QED) is 0.0205. The number of hydrogen-bond donors (Lipinski definition) is 2. The molecule has 0 fully saturated rings. The number of carbonyl (C=O) groups excluding carboxylic acids is 2. The van der Waals surface area contributed by atoms with Crippen LogP contribution >= 0.6 is 7.82 Å². The molecule has 9 nitrogen and oxygen atoms in total. The Morgan fingerprint density at radius 1 is 0.507 bits per heavy atom. The van der Waals surface area contributed by atoms with Crippen LogP contribution in [0.15, 0.2) is 60.8 Å². The van der Waals surface area contributed by atoms with Crippen molar-refractivity contribution in [3.8, 4) is 0 Å². The molecule has 402 valence electrons. The van der Waals surface area contributed by atoms with E-state index in [-0.39, 0.29) is 31.5 Å². The van der Waals surface area contributed by atoms with E-state index in [1.54, 1.807) is 0 Å². The monoisotopic (exact) mass is 990 g/mol. The van der Waals surface area contributed by atoms with Gasteiger partial charge < -0.3 is 19.4 Å². The van der Waals surface area contributed by atoms with Gasteiger partial charge in [-0.3, -0.25) is 18.6 Å². The standard InChI is InChI=1S/C59H109N2O7P/c1-7-10-13-16-19-22-25-27-28-29-30-31-32-34-37-40-43-46-49-52-59(63)68-57(50-47-44-41-38-35-24-21-18-15-12-9-3)56(55-67-69(64,65)66-54-53-61(4,5)6)60-58(62)51-48-45-42-39-36-33-26-23-20-17-14-11-8-2/h19,22,27-28,30-31,34,37,47,50,56-57H,7-18,20-21,23-26,29,32-33,35-36,38-46,48-49,51-55H2,1-6H3,(H-,60,62,64,65)/p+1/b22-19-,28-27-,31-30-,37-34-,50-47+. The van der Waals surface area contributed by atoms with Gasteiger partial charge in [0.05, 0.1) is 33.8 Å². The number of phosphoric ester groups is 1. The van der Waals surface area contributed by atoms with Crippen LogP contribution in [-0.2, 0) is 27.9 Å². The highest BCUT2D eigenvalue weighted by Gasteiger charge is 2.30. The Hall–Kier alpha value is -2.29. The molecule has 0 rings (SSSR count). The molecule has 1 amide bonds. The minimum Gasteiger partial charge on any atom is -0.456 e. The molecule has 3 atom stereocenters. The van der Waals surface area contributed by atoms with E-state index in [4.69, 9.17) is 13.8 Å². The number of rotatable bonds is 51. The van der Waals surface area contributed by atoms with Crippen molar-refractivity contribution in [2.75, 3.05) is 40.9 Å². The molecule has 3 unspecified atom stereocenters. The van der Waals surface area contributed by atoms with Gasteiger partial charge in [0.2, 0.25) is 5.91 Å². The van der Waals surface area contributed by atoms with Crippen molar-refractivity contribution in [1.29, 1.82) is 0 Å². The van der Waals surface area contributed by atoms with Crippen molar-refractivity contribution >= 4 is 19.7 Å². The summed E-state index contributed by atoms with van der Waals surface area (Å²) in [7, 11) is 1.48. The number of phosphoric acid groups is 1. The lowest BCUT2D eigenvalue weighted by molar-refractivity contribution is -0.870. The number of carbonyl (C=O) groups is 2. The van der Waals surface area contributed by atoms with E-state index in [0.29, 0.717) is 23.9 Å². The second kappa shape index (κ2) is 49.3. The van der Waals surface area contributed by atoms with E-state index >= 15 is 0 Å². The second-order valence-electron chi connectivity index (χ2n) is 20.5. The zero-order valence-corrected chi connectivity index (χ0v) is 46.7. The van der Waals surface area contributed by atoms with Gasteiger partial charge in [0.15, 0.2) is 0 Å². The van der Waals surface area contributed by atoms with Gasteiger partial charge in [0.1, 0.15) is 19.3 Å². The number of nitrogens with zero attached hydrogens (tertiary/aromatic N) is 1. The Morgan fingerprint density at radius 3 is 1.36 bits per heavy atom. The molecule has 0 aliphatic rings. The third-order valence-corrected chi connectivity index (χ3v) is 13.4. The summed E-state index contributed by atoms with van der Waals surface area (Å²) in [5, 5.41) is 3.04. The highest BCUT2D eigenvalue weighted by Crippen LogP contribution is 2.43. The summed E-state index contributed by atoms with van der Waals surface area (Å²) in [5.41, 5.74) is 0. The van der Waals surface area contributed by atoms with E-state index < -0.39 is 20.0 Å². The summed E-state index contributed by atoms with van der Waals surface area (Å²) in [6.45, 7) is 6.95. The number of unbranched alkanes of at least 4 members (excludes halogenated alkanes) is 27. The molecule has 0 bridgehead atoms. The number of hydrogen-bond acceptors (Lipinski definition) is 6. The topological polar surface area (TPSA) is 111 Å². The average Bonchev–Trinajstić information content (AvgIpc) is 3.31. The summed E-state index contributed by atoms with van der Waals surface area (Å²) in [4.78, 5) is 37.5. The summed E-state index contributed by atoms with van der Waals surface area (Å²) in [6, 6.07) is -0.859. The second-order valence-corrected chi connectivity index (χ2v) is 21.9.